The maximum absolute atomic E-state index is 12.6. The van der Waals surface area contributed by atoms with E-state index < -0.39 is 0 Å². The number of nitrogens with zero attached hydrogens (tertiary/aromatic N) is 1. The summed E-state index contributed by atoms with van der Waals surface area (Å²) in [7, 11) is 1.55. The average Bonchev–Trinajstić information content (AvgIpc) is 3.27. The van der Waals surface area contributed by atoms with E-state index in [9.17, 15) is 9.59 Å². The summed E-state index contributed by atoms with van der Waals surface area (Å²) >= 11 is 0. The predicted molar refractivity (Wildman–Crippen MR) is 105 cm³/mol. The number of hydrogen-bond acceptors (Lipinski definition) is 4. The van der Waals surface area contributed by atoms with Crippen LogP contribution in [0.2, 0.25) is 0 Å². The highest BCUT2D eigenvalue weighted by Gasteiger charge is 2.30. The molecule has 2 amide bonds. The van der Waals surface area contributed by atoms with Gasteiger partial charge in [0, 0.05) is 25.4 Å². The Hall–Kier alpha value is -2.86. The predicted octanol–water partition coefficient (Wildman–Crippen LogP) is 3.01. The van der Waals surface area contributed by atoms with Crippen molar-refractivity contribution in [2.75, 3.05) is 25.6 Å². The molecular weight excluding hydrogens is 356 g/mol. The maximum Gasteiger partial charge on any atom is 0.259 e. The Labute approximate surface area is 164 Å². The molecule has 2 aliphatic heterocycles. The molecule has 0 saturated carbocycles. The third-order valence-corrected chi connectivity index (χ3v) is 5.34. The van der Waals surface area contributed by atoms with Crippen molar-refractivity contribution in [3.63, 3.8) is 0 Å². The lowest BCUT2D eigenvalue weighted by Gasteiger charge is -2.31. The molecule has 1 unspecified atom stereocenters. The number of nitrogens with one attached hydrogen (secondary N) is 1. The summed E-state index contributed by atoms with van der Waals surface area (Å²) in [6, 6.07) is 13.0. The first-order valence-corrected chi connectivity index (χ1v) is 9.62. The van der Waals surface area contributed by atoms with E-state index in [1.807, 2.05) is 29.2 Å². The zero-order valence-corrected chi connectivity index (χ0v) is 15.9. The SMILES string of the molecule is COc1ccccc1C(=O)Nc1ccc2c(c1)CN(C(=O)C1CCCO1)CC2. The topological polar surface area (TPSA) is 67.9 Å². The summed E-state index contributed by atoms with van der Waals surface area (Å²) in [6.07, 6.45) is 2.26. The second-order valence-corrected chi connectivity index (χ2v) is 7.15. The molecule has 6 heteroatoms. The zero-order valence-electron chi connectivity index (χ0n) is 15.9. The molecule has 2 aliphatic rings. The van der Waals surface area contributed by atoms with Crippen LogP contribution in [0.4, 0.5) is 5.69 Å². The van der Waals surface area contributed by atoms with E-state index in [4.69, 9.17) is 9.47 Å². The number of para-hydroxylation sites is 1. The summed E-state index contributed by atoms with van der Waals surface area (Å²) in [5.74, 6) is 0.387. The molecule has 1 fully saturated rings. The van der Waals surface area contributed by atoms with Crippen LogP contribution in [0.25, 0.3) is 0 Å². The molecule has 146 valence electrons. The lowest BCUT2D eigenvalue weighted by Crippen LogP contribution is -2.41. The van der Waals surface area contributed by atoms with Crippen LogP contribution in [0, 0.1) is 0 Å². The van der Waals surface area contributed by atoms with E-state index >= 15 is 0 Å². The van der Waals surface area contributed by atoms with Crippen LogP contribution in [-0.4, -0.2) is 43.1 Å². The third-order valence-electron chi connectivity index (χ3n) is 5.34. The molecule has 28 heavy (non-hydrogen) atoms. The summed E-state index contributed by atoms with van der Waals surface area (Å²) in [5, 5.41) is 2.94. The van der Waals surface area contributed by atoms with Crippen LogP contribution in [-0.2, 0) is 22.5 Å². The van der Waals surface area contributed by atoms with Gasteiger partial charge < -0.3 is 19.7 Å². The smallest absolute Gasteiger partial charge is 0.259 e. The van der Waals surface area contributed by atoms with Crippen LogP contribution in [0.15, 0.2) is 42.5 Å². The summed E-state index contributed by atoms with van der Waals surface area (Å²) < 4.78 is 10.8. The van der Waals surface area contributed by atoms with Gasteiger partial charge in [0.15, 0.2) is 0 Å². The first-order chi connectivity index (χ1) is 13.7. The van der Waals surface area contributed by atoms with Crippen LogP contribution in [0.5, 0.6) is 5.75 Å². The number of carbonyl (C=O) groups is 2. The van der Waals surface area contributed by atoms with Crippen molar-refractivity contribution in [2.45, 2.75) is 31.9 Å². The molecular formula is C22H24N2O4. The molecule has 0 radical (unpaired) electrons. The number of fused-ring (bicyclic) bond motifs is 1. The molecule has 2 aromatic carbocycles. The molecule has 4 rings (SSSR count). The number of hydrogen-bond donors (Lipinski definition) is 1. The Morgan fingerprint density at radius 2 is 2.04 bits per heavy atom. The van der Waals surface area contributed by atoms with Gasteiger partial charge in [0.2, 0.25) is 0 Å². The van der Waals surface area contributed by atoms with E-state index in [1.165, 1.54) is 5.56 Å². The van der Waals surface area contributed by atoms with Crippen molar-refractivity contribution in [2.24, 2.45) is 0 Å². The summed E-state index contributed by atoms with van der Waals surface area (Å²) in [4.78, 5) is 27.1. The van der Waals surface area contributed by atoms with Gasteiger partial charge >= 0.3 is 0 Å². The Balaban J connectivity index is 1.48. The maximum atomic E-state index is 12.6. The van der Waals surface area contributed by atoms with Gasteiger partial charge in [-0.1, -0.05) is 18.2 Å². The molecule has 0 aliphatic carbocycles. The number of benzene rings is 2. The molecule has 1 N–H and O–H groups in total. The lowest BCUT2D eigenvalue weighted by molar-refractivity contribution is -0.141. The Morgan fingerprint density at radius 1 is 1.18 bits per heavy atom. The minimum atomic E-state index is -0.296. The minimum Gasteiger partial charge on any atom is -0.496 e. The number of rotatable bonds is 4. The van der Waals surface area contributed by atoms with Gasteiger partial charge in [-0.05, 0) is 54.7 Å². The van der Waals surface area contributed by atoms with Crippen LogP contribution in [0.1, 0.15) is 34.3 Å². The molecule has 2 aromatic rings. The number of carbonyl (C=O) groups excluding carboxylic acids is 2. The number of ether oxygens (including phenoxy) is 2. The van der Waals surface area contributed by atoms with Crippen LogP contribution >= 0.6 is 0 Å². The quantitative estimate of drug-likeness (QED) is 0.885. The van der Waals surface area contributed by atoms with E-state index in [2.05, 4.69) is 5.32 Å². The fraction of sp³-hybridized carbons (Fsp3) is 0.364. The van der Waals surface area contributed by atoms with Gasteiger partial charge in [-0.3, -0.25) is 9.59 Å². The highest BCUT2D eigenvalue weighted by atomic mass is 16.5. The number of methoxy groups -OCH3 is 1. The van der Waals surface area contributed by atoms with Crippen molar-refractivity contribution >= 4 is 17.5 Å². The van der Waals surface area contributed by atoms with E-state index in [0.29, 0.717) is 36.7 Å². The monoisotopic (exact) mass is 380 g/mol. The van der Waals surface area contributed by atoms with Crippen molar-refractivity contribution < 1.29 is 19.1 Å². The van der Waals surface area contributed by atoms with Gasteiger partial charge in [-0.2, -0.15) is 0 Å². The second-order valence-electron chi connectivity index (χ2n) is 7.15. The van der Waals surface area contributed by atoms with E-state index in [1.54, 1.807) is 25.3 Å². The van der Waals surface area contributed by atoms with E-state index in [-0.39, 0.29) is 17.9 Å². The standard InChI is InChI=1S/C22H24N2O4/c1-27-19-6-3-2-5-18(19)21(25)23-17-9-8-15-10-11-24(14-16(15)13-17)22(26)20-7-4-12-28-20/h2-3,5-6,8-9,13,20H,4,7,10-12,14H2,1H3,(H,23,25). The number of anilines is 1. The first kappa shape index (κ1) is 18.5. The number of amides is 2. The lowest BCUT2D eigenvalue weighted by atomic mass is 9.98. The van der Waals surface area contributed by atoms with Gasteiger partial charge in [0.25, 0.3) is 11.8 Å². The Morgan fingerprint density at radius 3 is 2.82 bits per heavy atom. The second kappa shape index (κ2) is 8.02. The normalized spacial score (nSPS) is 18.5. The van der Waals surface area contributed by atoms with Gasteiger partial charge in [0.05, 0.1) is 12.7 Å². The molecule has 6 nitrogen and oxygen atoms in total. The van der Waals surface area contributed by atoms with Crippen molar-refractivity contribution in [1.82, 2.24) is 4.90 Å². The minimum absolute atomic E-state index is 0.0756. The Kier molecular flexibility index (Phi) is 5.30. The highest BCUT2D eigenvalue weighted by molar-refractivity contribution is 6.06. The Bertz CT molecular complexity index is 890. The fourth-order valence-electron chi connectivity index (χ4n) is 3.83. The van der Waals surface area contributed by atoms with Gasteiger partial charge in [0.1, 0.15) is 11.9 Å². The largest absolute Gasteiger partial charge is 0.496 e. The van der Waals surface area contributed by atoms with Crippen molar-refractivity contribution in [3.8, 4) is 5.75 Å². The molecule has 1 saturated heterocycles. The molecule has 1 atom stereocenters. The van der Waals surface area contributed by atoms with Crippen molar-refractivity contribution in [3.05, 3.63) is 59.2 Å². The van der Waals surface area contributed by atoms with E-state index in [0.717, 1.165) is 24.8 Å². The van der Waals surface area contributed by atoms with Crippen LogP contribution in [0.3, 0.4) is 0 Å². The summed E-state index contributed by atoms with van der Waals surface area (Å²) in [5.41, 5.74) is 3.47. The first-order valence-electron chi connectivity index (χ1n) is 9.62. The van der Waals surface area contributed by atoms with Gasteiger partial charge in [-0.15, -0.1) is 0 Å². The van der Waals surface area contributed by atoms with Crippen LogP contribution < -0.4 is 10.1 Å². The summed E-state index contributed by atoms with van der Waals surface area (Å²) in [6.45, 7) is 1.92. The highest BCUT2D eigenvalue weighted by Crippen LogP contribution is 2.26. The molecule has 0 spiro atoms. The molecule has 2 heterocycles. The molecule has 0 bridgehead atoms. The van der Waals surface area contributed by atoms with Gasteiger partial charge in [-0.25, -0.2) is 0 Å². The fourth-order valence-corrected chi connectivity index (χ4v) is 3.83. The molecule has 0 aromatic heterocycles. The third kappa shape index (κ3) is 3.73. The zero-order chi connectivity index (χ0) is 19.5. The van der Waals surface area contributed by atoms with Crippen molar-refractivity contribution in [1.29, 1.82) is 0 Å². The average molecular weight is 380 g/mol.